The Kier molecular flexibility index (Phi) is 20.3. The van der Waals surface area contributed by atoms with Crippen LogP contribution in [-0.2, 0) is 4.84 Å². The molecule has 0 aliphatic carbocycles. The molecule has 0 rings (SSSR count). The lowest BCUT2D eigenvalue weighted by Crippen LogP contribution is -2.07. The second-order valence-corrected chi connectivity index (χ2v) is 1.41. The van der Waals surface area contributed by atoms with Crippen LogP contribution in [0.5, 0.6) is 0 Å². The van der Waals surface area contributed by atoms with Gasteiger partial charge in [-0.3, -0.25) is 0 Å². The Hall–Kier alpha value is -0.0800. The molecule has 0 aromatic carbocycles. The zero-order valence-electron chi connectivity index (χ0n) is 7.03. The van der Waals surface area contributed by atoms with Crippen LogP contribution in [0.25, 0.3) is 0 Å². The Morgan fingerprint density at radius 2 is 1.89 bits per heavy atom. The van der Waals surface area contributed by atoms with E-state index in [0.29, 0.717) is 0 Å². The molecule has 0 aliphatic heterocycles. The van der Waals surface area contributed by atoms with Crippen molar-refractivity contribution in [2.24, 2.45) is 0 Å². The fourth-order valence-electron chi connectivity index (χ4n) is 0.319. The first kappa shape index (κ1) is 11.7. The van der Waals surface area contributed by atoms with Crippen molar-refractivity contribution in [3.63, 3.8) is 0 Å². The molecule has 0 saturated heterocycles. The topological polar surface area (TPSA) is 21.3 Å². The molecule has 2 nitrogen and oxygen atoms in total. The molecule has 0 bridgehead atoms. The Balaban J connectivity index is 0. The van der Waals surface area contributed by atoms with E-state index in [2.05, 4.69) is 12.4 Å². The van der Waals surface area contributed by atoms with Gasteiger partial charge in [-0.05, 0) is 6.42 Å². The predicted octanol–water partition coefficient (Wildman–Crippen LogP) is 1.96. The maximum atomic E-state index is 4.82. The molecular formula is C7H19NO. The van der Waals surface area contributed by atoms with Crippen LogP contribution in [-0.4, -0.2) is 13.7 Å². The average molecular weight is 133 g/mol. The molecule has 0 radical (unpaired) electrons. The van der Waals surface area contributed by atoms with E-state index in [1.165, 1.54) is 6.42 Å². The molecule has 58 valence electrons. The Labute approximate surface area is 58.6 Å². The fourth-order valence-corrected chi connectivity index (χ4v) is 0.319. The van der Waals surface area contributed by atoms with E-state index >= 15 is 0 Å². The van der Waals surface area contributed by atoms with Crippen molar-refractivity contribution in [2.75, 3.05) is 13.7 Å². The monoisotopic (exact) mass is 133 g/mol. The van der Waals surface area contributed by atoms with Gasteiger partial charge in [0.2, 0.25) is 0 Å². The highest BCUT2D eigenvalue weighted by atomic mass is 16.6. The van der Waals surface area contributed by atoms with Crippen molar-refractivity contribution in [2.45, 2.75) is 33.6 Å². The van der Waals surface area contributed by atoms with E-state index in [4.69, 9.17) is 4.84 Å². The van der Waals surface area contributed by atoms with Crippen molar-refractivity contribution < 1.29 is 4.84 Å². The van der Waals surface area contributed by atoms with Gasteiger partial charge >= 0.3 is 0 Å². The van der Waals surface area contributed by atoms with Gasteiger partial charge in [-0.1, -0.05) is 27.2 Å². The summed E-state index contributed by atoms with van der Waals surface area (Å²) in [5.41, 5.74) is 2.60. The molecule has 0 heterocycles. The number of rotatable bonds is 4. The van der Waals surface area contributed by atoms with Crippen LogP contribution < -0.4 is 5.48 Å². The van der Waals surface area contributed by atoms with Crippen LogP contribution >= 0.6 is 0 Å². The normalized spacial score (nSPS) is 8.00. The van der Waals surface area contributed by atoms with Gasteiger partial charge in [-0.25, -0.2) is 5.48 Å². The van der Waals surface area contributed by atoms with E-state index in [9.17, 15) is 0 Å². The highest BCUT2D eigenvalue weighted by molar-refractivity contribution is 4.26. The zero-order chi connectivity index (χ0) is 7.54. The first-order valence-electron chi connectivity index (χ1n) is 3.70. The first-order valence-corrected chi connectivity index (χ1v) is 3.70. The molecule has 1 N–H and O–H groups in total. The van der Waals surface area contributed by atoms with Crippen LogP contribution in [0, 0.1) is 0 Å². The fraction of sp³-hybridized carbons (Fsp3) is 1.00. The molecular weight excluding hydrogens is 114 g/mol. The van der Waals surface area contributed by atoms with Crippen LogP contribution in [0.2, 0.25) is 0 Å². The minimum Gasteiger partial charge on any atom is -0.302 e. The summed E-state index contributed by atoms with van der Waals surface area (Å²) in [6.45, 7) is 6.96. The predicted molar refractivity (Wildman–Crippen MR) is 41.3 cm³/mol. The van der Waals surface area contributed by atoms with Crippen molar-refractivity contribution >= 4 is 0 Å². The third kappa shape index (κ3) is 18.1. The molecule has 2 heteroatoms. The number of hydrogen-bond donors (Lipinski definition) is 1. The minimum absolute atomic E-state index is 0.826. The van der Waals surface area contributed by atoms with Gasteiger partial charge in [0.05, 0.1) is 6.61 Å². The van der Waals surface area contributed by atoms with Crippen LogP contribution in [0.15, 0.2) is 0 Å². The summed E-state index contributed by atoms with van der Waals surface area (Å²) in [4.78, 5) is 4.82. The van der Waals surface area contributed by atoms with E-state index < -0.39 is 0 Å². The van der Waals surface area contributed by atoms with Gasteiger partial charge in [-0.15, -0.1) is 0 Å². The number of hydroxylamine groups is 1. The lowest BCUT2D eigenvalue weighted by molar-refractivity contribution is 0.0559. The summed E-state index contributed by atoms with van der Waals surface area (Å²) in [5.74, 6) is 0. The summed E-state index contributed by atoms with van der Waals surface area (Å²) in [5, 5.41) is 0. The summed E-state index contributed by atoms with van der Waals surface area (Å²) in [7, 11) is 1.77. The molecule has 0 aromatic rings. The summed E-state index contributed by atoms with van der Waals surface area (Å²) < 4.78 is 0. The lowest BCUT2D eigenvalue weighted by Gasteiger charge is -1.95. The SMILES string of the molecule is CC.CCCCONC. The zero-order valence-corrected chi connectivity index (χ0v) is 7.03. The molecule has 0 aromatic heterocycles. The summed E-state index contributed by atoms with van der Waals surface area (Å²) in [6.07, 6.45) is 2.34. The van der Waals surface area contributed by atoms with E-state index in [1.54, 1.807) is 7.05 Å². The quantitative estimate of drug-likeness (QED) is 0.467. The number of unbranched alkanes of at least 4 members (excludes halogenated alkanes) is 1. The molecule has 0 fully saturated rings. The second-order valence-electron chi connectivity index (χ2n) is 1.41. The number of hydrogen-bond acceptors (Lipinski definition) is 2. The van der Waals surface area contributed by atoms with Crippen LogP contribution in [0.4, 0.5) is 0 Å². The van der Waals surface area contributed by atoms with Gasteiger partial charge in [-0.2, -0.15) is 0 Å². The van der Waals surface area contributed by atoms with E-state index in [1.807, 2.05) is 13.8 Å². The van der Waals surface area contributed by atoms with Gasteiger partial charge in [0, 0.05) is 7.05 Å². The van der Waals surface area contributed by atoms with E-state index in [0.717, 1.165) is 13.0 Å². The second kappa shape index (κ2) is 15.7. The Morgan fingerprint density at radius 1 is 1.33 bits per heavy atom. The maximum absolute atomic E-state index is 4.82. The van der Waals surface area contributed by atoms with Crippen LogP contribution in [0.3, 0.4) is 0 Å². The van der Waals surface area contributed by atoms with Crippen molar-refractivity contribution in [1.82, 2.24) is 5.48 Å². The minimum atomic E-state index is 0.826. The molecule has 0 saturated carbocycles. The van der Waals surface area contributed by atoms with Crippen LogP contribution in [0.1, 0.15) is 33.6 Å². The number of nitrogens with one attached hydrogen (secondary N) is 1. The largest absolute Gasteiger partial charge is 0.302 e. The summed E-state index contributed by atoms with van der Waals surface area (Å²) in [6, 6.07) is 0. The smallest absolute Gasteiger partial charge is 0.0681 e. The third-order valence-corrected chi connectivity index (χ3v) is 0.744. The Morgan fingerprint density at radius 3 is 2.22 bits per heavy atom. The van der Waals surface area contributed by atoms with Crippen molar-refractivity contribution in [3.8, 4) is 0 Å². The molecule has 0 aliphatic rings. The third-order valence-electron chi connectivity index (χ3n) is 0.744. The highest BCUT2D eigenvalue weighted by Gasteiger charge is 1.78. The van der Waals surface area contributed by atoms with E-state index in [-0.39, 0.29) is 0 Å². The molecule has 0 spiro atoms. The van der Waals surface area contributed by atoms with Gasteiger partial charge < -0.3 is 4.84 Å². The molecule has 0 unspecified atom stereocenters. The standard InChI is InChI=1S/C5H13NO.C2H6/c1-3-4-5-7-6-2;1-2/h6H,3-5H2,1-2H3;1-2H3. The first-order chi connectivity index (χ1) is 4.41. The van der Waals surface area contributed by atoms with Gasteiger partial charge in [0.25, 0.3) is 0 Å². The Bertz CT molecular complexity index is 28.1. The maximum Gasteiger partial charge on any atom is 0.0681 e. The summed E-state index contributed by atoms with van der Waals surface area (Å²) >= 11 is 0. The van der Waals surface area contributed by atoms with Crippen molar-refractivity contribution in [3.05, 3.63) is 0 Å². The highest BCUT2D eigenvalue weighted by Crippen LogP contribution is 1.83. The average Bonchev–Trinajstić information content (AvgIpc) is 1.94. The molecule has 0 amide bonds. The molecule has 9 heavy (non-hydrogen) atoms. The van der Waals surface area contributed by atoms with Gasteiger partial charge in [0.15, 0.2) is 0 Å². The van der Waals surface area contributed by atoms with Crippen molar-refractivity contribution in [1.29, 1.82) is 0 Å². The van der Waals surface area contributed by atoms with Gasteiger partial charge in [0.1, 0.15) is 0 Å². The lowest BCUT2D eigenvalue weighted by atomic mass is 10.4. The molecule has 0 atom stereocenters.